The molecule has 1 aromatic heterocycles. The molecule has 82 valence electrons. The Bertz CT molecular complexity index is 500. The second-order valence-electron chi connectivity index (χ2n) is 3.31. The Morgan fingerprint density at radius 2 is 1.88 bits per heavy atom. The summed E-state index contributed by atoms with van der Waals surface area (Å²) < 4.78 is 13.7. The van der Waals surface area contributed by atoms with Gasteiger partial charge in [0, 0.05) is 12.0 Å². The van der Waals surface area contributed by atoms with Crippen LogP contribution in [-0.2, 0) is 6.42 Å². The van der Waals surface area contributed by atoms with Crippen LogP contribution in [0.25, 0.3) is 11.3 Å². The van der Waals surface area contributed by atoms with Crippen molar-refractivity contribution in [1.29, 1.82) is 0 Å². The van der Waals surface area contributed by atoms with Gasteiger partial charge < -0.3 is 0 Å². The first-order valence-corrected chi connectivity index (χ1v) is 5.37. The summed E-state index contributed by atoms with van der Waals surface area (Å²) in [5.74, 6) is -0.0182. The number of hydrogen-bond acceptors (Lipinski definition) is 2. The van der Waals surface area contributed by atoms with Crippen molar-refractivity contribution in [2.75, 3.05) is 0 Å². The summed E-state index contributed by atoms with van der Waals surface area (Å²) in [6.07, 6.45) is 0.625. The molecular weight excluding hydrogens is 227 g/mol. The molecule has 0 aliphatic rings. The number of aromatic nitrogens is 2. The molecule has 0 fully saturated rings. The maximum absolute atomic E-state index is 13.7. The minimum atomic E-state index is -0.565. The fraction of sp³-hybridized carbons (Fsp3) is 0.167. The van der Waals surface area contributed by atoms with Gasteiger partial charge in [0.2, 0.25) is 0 Å². The number of halogens is 2. The molecule has 1 heterocycles. The molecule has 0 radical (unpaired) electrons. The maximum atomic E-state index is 13.7. The van der Waals surface area contributed by atoms with Gasteiger partial charge in [0.1, 0.15) is 11.5 Å². The van der Waals surface area contributed by atoms with E-state index in [1.807, 2.05) is 25.1 Å². The van der Waals surface area contributed by atoms with Crippen molar-refractivity contribution < 1.29 is 4.39 Å². The van der Waals surface area contributed by atoms with Crippen LogP contribution in [0, 0.1) is 5.82 Å². The van der Waals surface area contributed by atoms with Crippen molar-refractivity contribution in [3.05, 3.63) is 47.1 Å². The molecule has 0 bridgehead atoms. The Morgan fingerprint density at radius 3 is 2.50 bits per heavy atom. The molecule has 16 heavy (non-hydrogen) atoms. The van der Waals surface area contributed by atoms with Crippen LogP contribution in [0.4, 0.5) is 4.39 Å². The van der Waals surface area contributed by atoms with E-state index in [9.17, 15) is 4.39 Å². The fourth-order valence-corrected chi connectivity index (χ4v) is 1.60. The smallest absolute Gasteiger partial charge is 0.186 e. The van der Waals surface area contributed by atoms with Gasteiger partial charge >= 0.3 is 0 Å². The quantitative estimate of drug-likeness (QED) is 0.746. The third-order valence-electron chi connectivity index (χ3n) is 2.22. The molecule has 0 amide bonds. The van der Waals surface area contributed by atoms with Gasteiger partial charge in [0.25, 0.3) is 0 Å². The van der Waals surface area contributed by atoms with E-state index in [2.05, 4.69) is 9.97 Å². The Morgan fingerprint density at radius 1 is 1.19 bits per heavy atom. The summed E-state index contributed by atoms with van der Waals surface area (Å²) in [4.78, 5) is 8.01. The molecule has 4 heteroatoms. The summed E-state index contributed by atoms with van der Waals surface area (Å²) >= 11 is 5.72. The fourth-order valence-electron chi connectivity index (χ4n) is 1.41. The minimum absolute atomic E-state index is 0.120. The monoisotopic (exact) mass is 236 g/mol. The van der Waals surface area contributed by atoms with E-state index < -0.39 is 5.82 Å². The first-order chi connectivity index (χ1) is 7.72. The first kappa shape index (κ1) is 11.0. The number of hydrogen-bond donors (Lipinski definition) is 0. The van der Waals surface area contributed by atoms with Gasteiger partial charge in [0.15, 0.2) is 11.0 Å². The Hall–Kier alpha value is -1.48. The highest BCUT2D eigenvalue weighted by atomic mass is 35.5. The van der Waals surface area contributed by atoms with Gasteiger partial charge in [-0.2, -0.15) is 0 Å². The Balaban J connectivity index is 2.60. The van der Waals surface area contributed by atoms with Gasteiger partial charge in [0.05, 0.1) is 0 Å². The Kier molecular flexibility index (Phi) is 3.15. The van der Waals surface area contributed by atoms with Crippen LogP contribution in [0.1, 0.15) is 12.7 Å². The highest BCUT2D eigenvalue weighted by Crippen LogP contribution is 2.24. The van der Waals surface area contributed by atoms with Crippen molar-refractivity contribution in [3.63, 3.8) is 0 Å². The van der Waals surface area contributed by atoms with Crippen molar-refractivity contribution in [1.82, 2.24) is 9.97 Å². The minimum Gasteiger partial charge on any atom is -0.230 e. The largest absolute Gasteiger partial charge is 0.230 e. The predicted molar refractivity (Wildman–Crippen MR) is 61.8 cm³/mol. The molecule has 0 saturated heterocycles. The number of benzene rings is 1. The lowest BCUT2D eigenvalue weighted by molar-refractivity contribution is 0.614. The summed E-state index contributed by atoms with van der Waals surface area (Å²) in [5.41, 5.74) is 0.969. The van der Waals surface area contributed by atoms with E-state index in [-0.39, 0.29) is 10.8 Å². The van der Waals surface area contributed by atoms with E-state index in [4.69, 9.17) is 11.6 Å². The van der Waals surface area contributed by atoms with Gasteiger partial charge in [-0.3, -0.25) is 0 Å². The molecule has 0 aliphatic carbocycles. The summed E-state index contributed by atoms with van der Waals surface area (Å²) in [7, 11) is 0. The zero-order chi connectivity index (χ0) is 11.5. The van der Waals surface area contributed by atoms with E-state index in [1.165, 1.54) is 0 Å². The molecule has 0 atom stereocenters. The average molecular weight is 237 g/mol. The third-order valence-corrected chi connectivity index (χ3v) is 2.47. The second-order valence-corrected chi connectivity index (χ2v) is 3.67. The van der Waals surface area contributed by atoms with Crippen LogP contribution in [0.5, 0.6) is 0 Å². The predicted octanol–water partition coefficient (Wildman–Crippen LogP) is 3.50. The highest BCUT2D eigenvalue weighted by molar-refractivity contribution is 6.29. The first-order valence-electron chi connectivity index (χ1n) is 4.99. The summed E-state index contributed by atoms with van der Waals surface area (Å²) in [5, 5.41) is -0.120. The van der Waals surface area contributed by atoms with E-state index in [0.29, 0.717) is 17.8 Å². The van der Waals surface area contributed by atoms with Crippen LogP contribution in [-0.4, -0.2) is 9.97 Å². The number of nitrogens with zero attached hydrogens (tertiary/aromatic N) is 2. The van der Waals surface area contributed by atoms with Crippen molar-refractivity contribution in [3.8, 4) is 11.3 Å². The lowest BCUT2D eigenvalue weighted by atomic mass is 10.1. The zero-order valence-electron chi connectivity index (χ0n) is 8.74. The molecule has 2 aromatic rings. The summed E-state index contributed by atoms with van der Waals surface area (Å²) in [6.45, 7) is 1.90. The SMILES string of the molecule is CCc1nc(Cl)c(F)c(-c2ccccc2)n1. The topological polar surface area (TPSA) is 25.8 Å². The van der Waals surface area contributed by atoms with Crippen molar-refractivity contribution >= 4 is 11.6 Å². The number of aryl methyl sites for hydroxylation is 1. The van der Waals surface area contributed by atoms with Crippen LogP contribution in [0.2, 0.25) is 5.15 Å². The molecule has 0 saturated carbocycles. The van der Waals surface area contributed by atoms with Gasteiger partial charge in [-0.1, -0.05) is 48.9 Å². The lowest BCUT2D eigenvalue weighted by Crippen LogP contribution is -2.00. The summed E-state index contributed by atoms with van der Waals surface area (Å²) in [6, 6.07) is 9.11. The van der Waals surface area contributed by atoms with Crippen molar-refractivity contribution in [2.24, 2.45) is 0 Å². The lowest BCUT2D eigenvalue weighted by Gasteiger charge is -2.05. The third kappa shape index (κ3) is 2.04. The molecule has 1 aromatic carbocycles. The second kappa shape index (κ2) is 4.58. The molecule has 2 nitrogen and oxygen atoms in total. The maximum Gasteiger partial charge on any atom is 0.186 e. The number of rotatable bonds is 2. The average Bonchev–Trinajstić information content (AvgIpc) is 2.33. The molecule has 0 N–H and O–H groups in total. The Labute approximate surface area is 98.1 Å². The van der Waals surface area contributed by atoms with Gasteiger partial charge in [-0.15, -0.1) is 0 Å². The van der Waals surface area contributed by atoms with Crippen LogP contribution >= 0.6 is 11.6 Å². The van der Waals surface area contributed by atoms with E-state index in [1.54, 1.807) is 12.1 Å². The molecule has 0 spiro atoms. The molecule has 0 unspecified atom stereocenters. The molecular formula is C12H10ClFN2. The van der Waals surface area contributed by atoms with Crippen molar-refractivity contribution in [2.45, 2.75) is 13.3 Å². The molecule has 0 aliphatic heterocycles. The highest BCUT2D eigenvalue weighted by Gasteiger charge is 2.13. The zero-order valence-corrected chi connectivity index (χ0v) is 9.50. The standard InChI is InChI=1S/C12H10ClFN2/c1-2-9-15-11(10(14)12(13)16-9)8-6-4-3-5-7-8/h3-7H,2H2,1H3. The van der Waals surface area contributed by atoms with Gasteiger partial charge in [-0.05, 0) is 0 Å². The molecule has 2 rings (SSSR count). The van der Waals surface area contributed by atoms with Gasteiger partial charge in [-0.25, -0.2) is 14.4 Å². The normalized spacial score (nSPS) is 10.4. The van der Waals surface area contributed by atoms with E-state index >= 15 is 0 Å². The van der Waals surface area contributed by atoms with Crippen LogP contribution < -0.4 is 0 Å². The van der Waals surface area contributed by atoms with Crippen LogP contribution in [0.3, 0.4) is 0 Å². The van der Waals surface area contributed by atoms with Crippen LogP contribution in [0.15, 0.2) is 30.3 Å². The van der Waals surface area contributed by atoms with E-state index in [0.717, 1.165) is 0 Å².